The van der Waals surface area contributed by atoms with Crippen molar-refractivity contribution in [2.45, 2.75) is 38.0 Å². The molecule has 4 rings (SSSR count). The van der Waals surface area contributed by atoms with Crippen molar-refractivity contribution >= 4 is 5.78 Å². The Morgan fingerprint density at radius 3 is 2.33 bits per heavy atom. The van der Waals surface area contributed by atoms with Crippen molar-refractivity contribution in [2.24, 2.45) is 5.92 Å². The summed E-state index contributed by atoms with van der Waals surface area (Å²) in [6, 6.07) is 11.6. The Labute approximate surface area is 210 Å². The average molecular weight is 500 g/mol. The lowest BCUT2D eigenvalue weighted by Gasteiger charge is -2.44. The number of aromatic nitrogens is 1. The summed E-state index contributed by atoms with van der Waals surface area (Å²) in [5.41, 5.74) is 1.96. The number of hydrogen-bond acceptors (Lipinski definition) is 10. The zero-order chi connectivity index (χ0) is 25.8. The van der Waals surface area contributed by atoms with E-state index in [1.54, 1.807) is 13.3 Å². The van der Waals surface area contributed by atoms with Crippen LogP contribution in [0, 0.1) is 18.1 Å². The van der Waals surface area contributed by atoms with Gasteiger partial charge in [0.15, 0.2) is 5.78 Å². The molecule has 36 heavy (non-hydrogen) atoms. The Morgan fingerprint density at radius 2 is 1.75 bits per heavy atom. The maximum atomic E-state index is 12.9. The number of rotatable bonds is 6. The number of carbonyl (C=O) groups is 1. The summed E-state index contributed by atoms with van der Waals surface area (Å²) in [5, 5.41) is 25.3. The van der Waals surface area contributed by atoms with Gasteiger partial charge in [-0.3, -0.25) is 29.4 Å². The fourth-order valence-corrected chi connectivity index (χ4v) is 4.76. The third-order valence-corrected chi connectivity index (χ3v) is 6.64. The fraction of sp³-hybridized carbons (Fsp3) is 0.462. The Bertz CT molecular complexity index is 978. The predicted molar refractivity (Wildman–Crippen MR) is 131 cm³/mol. The maximum Gasteiger partial charge on any atom is 0.204 e. The summed E-state index contributed by atoms with van der Waals surface area (Å²) in [6.07, 6.45) is 8.94. The molecule has 0 bridgehead atoms. The highest BCUT2D eigenvalue weighted by atomic mass is 17.1. The molecule has 3 N–H and O–H groups in total. The van der Waals surface area contributed by atoms with Crippen LogP contribution in [0.15, 0.2) is 48.8 Å². The van der Waals surface area contributed by atoms with Crippen LogP contribution >= 0.6 is 0 Å². The molecule has 10 nitrogen and oxygen atoms in total. The minimum absolute atomic E-state index is 0.0573. The van der Waals surface area contributed by atoms with Gasteiger partial charge in [-0.25, -0.2) is 0 Å². The van der Waals surface area contributed by atoms with Gasteiger partial charge >= 0.3 is 0 Å². The van der Waals surface area contributed by atoms with E-state index in [9.17, 15) is 9.90 Å². The fourth-order valence-electron chi connectivity index (χ4n) is 4.76. The van der Waals surface area contributed by atoms with Crippen LogP contribution in [0.2, 0.25) is 0 Å². The van der Waals surface area contributed by atoms with Crippen molar-refractivity contribution in [2.75, 3.05) is 33.3 Å². The van der Waals surface area contributed by atoms with Crippen LogP contribution < -0.4 is 4.74 Å². The molecule has 194 valence electrons. The molecule has 1 aromatic carbocycles. The molecule has 2 aliphatic heterocycles. The first-order valence-corrected chi connectivity index (χ1v) is 11.9. The number of pyridine rings is 1. The Morgan fingerprint density at radius 1 is 1.06 bits per heavy atom. The highest BCUT2D eigenvalue weighted by molar-refractivity contribution is 5.98. The molecule has 2 fully saturated rings. The van der Waals surface area contributed by atoms with Crippen molar-refractivity contribution in [3.8, 4) is 18.0 Å². The standard InChI is InChI=1S/C24H31N3O3.C2H2O4/c1-30-21-6-4-19(5-7-21)24(29)20-8-13-27(14-9-20)22-17-26(12-10-23(22)28)16-18-3-2-11-25-15-18;3-5-1-2-6-4/h2-7,11,15,20,22-23,28H,8-10,12-14,16-17H2,1H3;3-4H. The zero-order valence-corrected chi connectivity index (χ0v) is 20.3. The van der Waals surface area contributed by atoms with Crippen molar-refractivity contribution < 1.29 is 34.9 Å². The summed E-state index contributed by atoms with van der Waals surface area (Å²) in [6.45, 7) is 4.33. The average Bonchev–Trinajstić information content (AvgIpc) is 2.93. The van der Waals surface area contributed by atoms with Gasteiger partial charge in [0.1, 0.15) is 5.75 Å². The number of ketones is 1. The second-order valence-corrected chi connectivity index (χ2v) is 8.81. The lowest BCUT2D eigenvalue weighted by atomic mass is 9.87. The number of ether oxygens (including phenoxy) is 1. The molecule has 1 aromatic heterocycles. The molecule has 2 saturated heterocycles. The molecule has 0 saturated carbocycles. The number of carbonyl (C=O) groups excluding carboxylic acids is 1. The van der Waals surface area contributed by atoms with Gasteiger partial charge in [0.05, 0.1) is 13.2 Å². The maximum absolute atomic E-state index is 12.9. The van der Waals surface area contributed by atoms with E-state index in [0.717, 1.165) is 63.3 Å². The van der Waals surface area contributed by atoms with Crippen molar-refractivity contribution in [3.05, 3.63) is 59.9 Å². The van der Waals surface area contributed by atoms with E-state index < -0.39 is 0 Å². The molecule has 2 unspecified atom stereocenters. The van der Waals surface area contributed by atoms with Crippen LogP contribution in [-0.4, -0.2) is 81.6 Å². The molecule has 3 heterocycles. The molecule has 2 atom stereocenters. The van der Waals surface area contributed by atoms with Gasteiger partial charge in [-0.2, -0.15) is 10.5 Å². The minimum atomic E-state index is -0.302. The second kappa shape index (κ2) is 14.4. The number of Topliss-reactive ketones (excluding diaryl/α,β-unsaturated/α-hetero) is 1. The number of aliphatic hydroxyl groups is 1. The van der Waals surface area contributed by atoms with Gasteiger partial charge in [-0.1, -0.05) is 6.07 Å². The van der Waals surface area contributed by atoms with Crippen LogP contribution in [0.4, 0.5) is 0 Å². The SMILES string of the molecule is COc1ccc(C(=O)C2CCN(C3CN(Cc4cccnc4)CCC3O)CC2)cc1.OOC#COO. The van der Waals surface area contributed by atoms with Gasteiger partial charge < -0.3 is 9.84 Å². The Hall–Kier alpha value is -3.20. The molecular weight excluding hydrogens is 466 g/mol. The largest absolute Gasteiger partial charge is 0.497 e. The number of likely N-dealkylation sites (tertiary alicyclic amines) is 2. The topological polar surface area (TPSA) is 125 Å². The van der Waals surface area contributed by atoms with Crippen LogP contribution in [0.3, 0.4) is 0 Å². The number of methoxy groups -OCH3 is 1. The summed E-state index contributed by atoms with van der Waals surface area (Å²) >= 11 is 0. The van der Waals surface area contributed by atoms with Gasteiger partial charge in [0, 0.05) is 49.6 Å². The Balaban J connectivity index is 0.000000538. The zero-order valence-electron chi connectivity index (χ0n) is 20.3. The van der Waals surface area contributed by atoms with E-state index in [4.69, 9.17) is 15.3 Å². The molecule has 2 aliphatic rings. The van der Waals surface area contributed by atoms with Crippen LogP contribution in [-0.2, 0) is 16.3 Å². The summed E-state index contributed by atoms with van der Waals surface area (Å²) in [5.74, 6) is 1.05. The first-order chi connectivity index (χ1) is 17.5. The lowest BCUT2D eigenvalue weighted by molar-refractivity contribution is -0.188. The molecule has 0 amide bonds. The van der Waals surface area contributed by atoms with E-state index in [2.05, 4.69) is 30.6 Å². The minimum Gasteiger partial charge on any atom is -0.497 e. The van der Waals surface area contributed by atoms with Gasteiger partial charge in [0.25, 0.3) is 0 Å². The van der Waals surface area contributed by atoms with Crippen LogP contribution in [0.1, 0.15) is 35.2 Å². The summed E-state index contributed by atoms with van der Waals surface area (Å²) in [7, 11) is 1.63. The molecule has 0 radical (unpaired) electrons. The van der Waals surface area contributed by atoms with E-state index >= 15 is 0 Å². The predicted octanol–water partition coefficient (Wildman–Crippen LogP) is 2.50. The van der Waals surface area contributed by atoms with E-state index in [1.807, 2.05) is 36.5 Å². The number of benzene rings is 1. The molecule has 2 aromatic rings. The van der Waals surface area contributed by atoms with Crippen LogP contribution in [0.5, 0.6) is 5.75 Å². The number of hydrogen-bond donors (Lipinski definition) is 3. The van der Waals surface area contributed by atoms with E-state index in [1.165, 1.54) is 17.8 Å². The highest BCUT2D eigenvalue weighted by Crippen LogP contribution is 2.27. The van der Waals surface area contributed by atoms with Crippen LogP contribution in [0.25, 0.3) is 0 Å². The third kappa shape index (κ3) is 7.91. The smallest absolute Gasteiger partial charge is 0.204 e. The quantitative estimate of drug-likeness (QED) is 0.236. The second-order valence-electron chi connectivity index (χ2n) is 8.81. The third-order valence-electron chi connectivity index (χ3n) is 6.64. The van der Waals surface area contributed by atoms with E-state index in [0.29, 0.717) is 0 Å². The molecule has 10 heteroatoms. The monoisotopic (exact) mass is 499 g/mol. The lowest BCUT2D eigenvalue weighted by Crippen LogP contribution is -2.56. The summed E-state index contributed by atoms with van der Waals surface area (Å²) in [4.78, 5) is 28.2. The molecular formula is C26H33N3O7. The molecule has 0 aliphatic carbocycles. The van der Waals surface area contributed by atoms with E-state index in [-0.39, 0.29) is 23.8 Å². The highest BCUT2D eigenvalue weighted by Gasteiger charge is 2.35. The summed E-state index contributed by atoms with van der Waals surface area (Å²) < 4.78 is 5.18. The first-order valence-electron chi connectivity index (χ1n) is 11.9. The van der Waals surface area contributed by atoms with Gasteiger partial charge in [0.2, 0.25) is 12.2 Å². The van der Waals surface area contributed by atoms with Gasteiger partial charge in [-0.15, -0.1) is 0 Å². The number of piperidine rings is 2. The first kappa shape index (κ1) is 27.4. The number of nitrogens with zero attached hydrogens (tertiary/aromatic N) is 3. The molecule has 0 spiro atoms. The Kier molecular flexibility index (Phi) is 10.9. The van der Waals surface area contributed by atoms with Crippen molar-refractivity contribution in [1.82, 2.24) is 14.8 Å². The number of aliphatic hydroxyl groups excluding tert-OH is 1. The van der Waals surface area contributed by atoms with Crippen molar-refractivity contribution in [3.63, 3.8) is 0 Å². The van der Waals surface area contributed by atoms with Crippen molar-refractivity contribution in [1.29, 1.82) is 0 Å². The normalized spacial score (nSPS) is 20.8. The van der Waals surface area contributed by atoms with Gasteiger partial charge in [-0.05, 0) is 68.2 Å².